The number of anilines is 1. The summed E-state index contributed by atoms with van der Waals surface area (Å²) in [5.41, 5.74) is 3.42. The zero-order chi connectivity index (χ0) is 18.5. The topological polar surface area (TPSA) is 44.8 Å². The van der Waals surface area contributed by atoms with Crippen LogP contribution in [0.2, 0.25) is 0 Å². The third-order valence-corrected chi connectivity index (χ3v) is 4.88. The summed E-state index contributed by atoms with van der Waals surface area (Å²) in [5, 5.41) is 3.10. The van der Waals surface area contributed by atoms with Crippen molar-refractivity contribution in [3.05, 3.63) is 59.7 Å². The third kappa shape index (κ3) is 4.10. The Morgan fingerprint density at radius 1 is 1.08 bits per heavy atom. The highest BCUT2D eigenvalue weighted by molar-refractivity contribution is 5.75. The van der Waals surface area contributed by atoms with Crippen LogP contribution in [0.25, 0.3) is 0 Å². The van der Waals surface area contributed by atoms with Gasteiger partial charge in [0.2, 0.25) is 0 Å². The molecule has 0 aliphatic carbocycles. The lowest BCUT2D eigenvalue weighted by Gasteiger charge is -2.37. The fourth-order valence-corrected chi connectivity index (χ4v) is 3.30. The Morgan fingerprint density at radius 2 is 1.77 bits per heavy atom. The summed E-state index contributed by atoms with van der Waals surface area (Å²) in [7, 11) is 1.70. The molecule has 0 spiro atoms. The molecule has 3 rings (SSSR count). The van der Waals surface area contributed by atoms with Crippen LogP contribution in [0.15, 0.2) is 48.5 Å². The molecule has 1 atom stereocenters. The molecule has 1 N–H and O–H groups in total. The van der Waals surface area contributed by atoms with E-state index >= 15 is 0 Å². The van der Waals surface area contributed by atoms with E-state index in [1.54, 1.807) is 7.11 Å². The van der Waals surface area contributed by atoms with E-state index in [0.29, 0.717) is 13.1 Å². The van der Waals surface area contributed by atoms with Crippen LogP contribution in [0.4, 0.5) is 10.5 Å². The molecule has 138 valence electrons. The molecule has 1 heterocycles. The Kier molecular flexibility index (Phi) is 5.66. The van der Waals surface area contributed by atoms with Crippen molar-refractivity contribution in [2.24, 2.45) is 0 Å². The number of aryl methyl sites for hydroxylation is 1. The van der Waals surface area contributed by atoms with Crippen molar-refractivity contribution in [3.63, 3.8) is 0 Å². The summed E-state index contributed by atoms with van der Waals surface area (Å²) in [4.78, 5) is 16.7. The number of ether oxygens (including phenoxy) is 1. The number of rotatable bonds is 4. The molecule has 0 saturated carbocycles. The van der Waals surface area contributed by atoms with E-state index in [-0.39, 0.29) is 12.1 Å². The van der Waals surface area contributed by atoms with Gasteiger partial charge in [0.1, 0.15) is 5.75 Å². The van der Waals surface area contributed by atoms with Crippen LogP contribution in [0.3, 0.4) is 0 Å². The van der Waals surface area contributed by atoms with Crippen molar-refractivity contribution >= 4 is 11.7 Å². The molecular weight excluding hydrogens is 326 g/mol. The zero-order valence-electron chi connectivity index (χ0n) is 15.7. The first-order chi connectivity index (χ1) is 12.6. The molecule has 2 aromatic rings. The fourth-order valence-electron chi connectivity index (χ4n) is 3.30. The van der Waals surface area contributed by atoms with Crippen LogP contribution in [-0.4, -0.2) is 44.2 Å². The monoisotopic (exact) mass is 353 g/mol. The number of nitrogens with zero attached hydrogens (tertiary/aromatic N) is 2. The normalized spacial score (nSPS) is 15.5. The van der Waals surface area contributed by atoms with Crippen LogP contribution < -0.4 is 15.0 Å². The van der Waals surface area contributed by atoms with Gasteiger partial charge in [-0.05, 0) is 37.1 Å². The number of carbonyl (C=O) groups excluding carboxylic acids is 1. The van der Waals surface area contributed by atoms with Crippen LogP contribution in [0, 0.1) is 6.92 Å². The number of piperazine rings is 1. The highest BCUT2D eigenvalue weighted by atomic mass is 16.5. The molecule has 0 bridgehead atoms. The Labute approximate surface area is 155 Å². The minimum absolute atomic E-state index is 0.00130. The Hall–Kier alpha value is -2.69. The van der Waals surface area contributed by atoms with Gasteiger partial charge in [-0.1, -0.05) is 36.4 Å². The van der Waals surface area contributed by atoms with Gasteiger partial charge in [0.15, 0.2) is 0 Å². The largest absolute Gasteiger partial charge is 0.495 e. The lowest BCUT2D eigenvalue weighted by molar-refractivity contribution is 0.191. The van der Waals surface area contributed by atoms with E-state index < -0.39 is 0 Å². The van der Waals surface area contributed by atoms with E-state index in [1.807, 2.05) is 48.2 Å². The quantitative estimate of drug-likeness (QED) is 0.913. The molecule has 2 amide bonds. The predicted molar refractivity (Wildman–Crippen MR) is 105 cm³/mol. The van der Waals surface area contributed by atoms with Gasteiger partial charge in [-0.2, -0.15) is 0 Å². The van der Waals surface area contributed by atoms with E-state index in [9.17, 15) is 4.79 Å². The maximum Gasteiger partial charge on any atom is 0.317 e. The second-order valence-electron chi connectivity index (χ2n) is 6.73. The predicted octanol–water partition coefficient (Wildman–Crippen LogP) is 3.60. The van der Waals surface area contributed by atoms with Crippen molar-refractivity contribution in [1.29, 1.82) is 0 Å². The molecular formula is C21H27N3O2. The molecule has 0 aromatic heterocycles. The lowest BCUT2D eigenvalue weighted by Crippen LogP contribution is -2.52. The van der Waals surface area contributed by atoms with Gasteiger partial charge in [0, 0.05) is 26.2 Å². The van der Waals surface area contributed by atoms with Crippen molar-refractivity contribution in [2.75, 3.05) is 38.2 Å². The molecule has 1 fully saturated rings. The number of nitrogens with one attached hydrogen (secondary N) is 1. The third-order valence-electron chi connectivity index (χ3n) is 4.88. The number of hydrogen-bond acceptors (Lipinski definition) is 3. The Balaban J connectivity index is 1.58. The minimum Gasteiger partial charge on any atom is -0.495 e. The molecule has 5 heteroatoms. The smallest absolute Gasteiger partial charge is 0.317 e. The second kappa shape index (κ2) is 8.13. The molecule has 26 heavy (non-hydrogen) atoms. The molecule has 1 aliphatic rings. The summed E-state index contributed by atoms with van der Waals surface area (Å²) in [6.45, 7) is 7.09. The highest BCUT2D eigenvalue weighted by Crippen LogP contribution is 2.30. The van der Waals surface area contributed by atoms with E-state index in [4.69, 9.17) is 4.74 Å². The Bertz CT molecular complexity index is 740. The highest BCUT2D eigenvalue weighted by Gasteiger charge is 2.24. The van der Waals surface area contributed by atoms with Crippen LogP contribution in [0.5, 0.6) is 5.75 Å². The summed E-state index contributed by atoms with van der Waals surface area (Å²) in [5.74, 6) is 0.881. The van der Waals surface area contributed by atoms with Gasteiger partial charge in [0.05, 0.1) is 18.8 Å². The van der Waals surface area contributed by atoms with Crippen molar-refractivity contribution in [2.45, 2.75) is 19.9 Å². The summed E-state index contributed by atoms with van der Waals surface area (Å²) in [6, 6.07) is 16.2. The lowest BCUT2D eigenvalue weighted by atomic mass is 10.1. The van der Waals surface area contributed by atoms with Gasteiger partial charge < -0.3 is 19.9 Å². The van der Waals surface area contributed by atoms with Gasteiger partial charge in [-0.3, -0.25) is 0 Å². The van der Waals surface area contributed by atoms with Crippen LogP contribution >= 0.6 is 0 Å². The van der Waals surface area contributed by atoms with Crippen molar-refractivity contribution in [1.82, 2.24) is 10.2 Å². The molecule has 1 saturated heterocycles. The van der Waals surface area contributed by atoms with Crippen molar-refractivity contribution < 1.29 is 9.53 Å². The average Bonchev–Trinajstić information content (AvgIpc) is 2.68. The SMILES string of the molecule is COc1ccc(C)cc1N1CCN(C(=O)NC(C)c2ccccc2)CC1. The molecule has 2 aromatic carbocycles. The van der Waals surface area contributed by atoms with E-state index in [0.717, 1.165) is 30.1 Å². The average molecular weight is 353 g/mol. The summed E-state index contributed by atoms with van der Waals surface area (Å²) in [6.07, 6.45) is 0. The number of urea groups is 1. The van der Waals surface area contributed by atoms with E-state index in [1.165, 1.54) is 5.56 Å². The van der Waals surface area contributed by atoms with Gasteiger partial charge in [0.25, 0.3) is 0 Å². The maximum atomic E-state index is 12.6. The number of hydrogen-bond donors (Lipinski definition) is 1. The number of amides is 2. The van der Waals surface area contributed by atoms with Gasteiger partial charge >= 0.3 is 6.03 Å². The summed E-state index contributed by atoms with van der Waals surface area (Å²) < 4.78 is 5.49. The zero-order valence-corrected chi connectivity index (χ0v) is 15.7. The van der Waals surface area contributed by atoms with Crippen molar-refractivity contribution in [3.8, 4) is 5.75 Å². The number of benzene rings is 2. The Morgan fingerprint density at radius 3 is 2.42 bits per heavy atom. The first kappa shape index (κ1) is 18.1. The van der Waals surface area contributed by atoms with Gasteiger partial charge in [-0.15, -0.1) is 0 Å². The fraction of sp³-hybridized carbons (Fsp3) is 0.381. The molecule has 0 radical (unpaired) electrons. The first-order valence-electron chi connectivity index (χ1n) is 9.08. The maximum absolute atomic E-state index is 12.6. The molecule has 1 aliphatic heterocycles. The molecule has 1 unspecified atom stereocenters. The summed E-state index contributed by atoms with van der Waals surface area (Å²) >= 11 is 0. The molecule has 5 nitrogen and oxygen atoms in total. The second-order valence-corrected chi connectivity index (χ2v) is 6.73. The number of methoxy groups -OCH3 is 1. The van der Waals surface area contributed by atoms with Crippen LogP contribution in [0.1, 0.15) is 24.1 Å². The minimum atomic E-state index is -0.00258. The van der Waals surface area contributed by atoms with Crippen LogP contribution in [-0.2, 0) is 0 Å². The standard InChI is InChI=1S/C21H27N3O2/c1-16-9-10-20(26-3)19(15-16)23-11-13-24(14-12-23)21(25)22-17(2)18-7-5-4-6-8-18/h4-10,15,17H,11-14H2,1-3H3,(H,22,25). The van der Waals surface area contributed by atoms with Gasteiger partial charge in [-0.25, -0.2) is 4.79 Å². The number of carbonyl (C=O) groups is 1. The first-order valence-corrected chi connectivity index (χ1v) is 9.08. The van der Waals surface area contributed by atoms with E-state index in [2.05, 4.69) is 29.3 Å².